The van der Waals surface area contributed by atoms with Gasteiger partial charge in [-0.05, 0) is 73.4 Å². The van der Waals surface area contributed by atoms with Crippen molar-refractivity contribution in [2.75, 3.05) is 23.8 Å². The van der Waals surface area contributed by atoms with Crippen molar-refractivity contribution >= 4 is 21.5 Å². The molecule has 8 heteroatoms. The molecule has 2 fully saturated rings. The smallest absolute Gasteiger partial charge is 0.229 e. The Balaban J connectivity index is 1.32. The Labute approximate surface area is 193 Å². The van der Waals surface area contributed by atoms with E-state index < -0.39 is 9.84 Å². The Bertz CT molecular complexity index is 1320. The molecule has 1 aliphatic heterocycles. The molecule has 1 N–H and O–H groups in total. The van der Waals surface area contributed by atoms with Crippen molar-refractivity contribution in [1.82, 2.24) is 15.0 Å². The molecule has 1 aromatic carbocycles. The van der Waals surface area contributed by atoms with Gasteiger partial charge in [0, 0.05) is 48.4 Å². The number of pyridine rings is 1. The van der Waals surface area contributed by atoms with Crippen LogP contribution in [0.2, 0.25) is 0 Å². The van der Waals surface area contributed by atoms with Crippen LogP contribution in [0.15, 0.2) is 53.8 Å². The van der Waals surface area contributed by atoms with Gasteiger partial charge in [0.2, 0.25) is 5.95 Å². The van der Waals surface area contributed by atoms with Gasteiger partial charge in [-0.3, -0.25) is 4.98 Å². The van der Waals surface area contributed by atoms with Crippen LogP contribution in [-0.2, 0) is 15.3 Å². The summed E-state index contributed by atoms with van der Waals surface area (Å²) >= 11 is 0. The molecule has 3 aromatic rings. The van der Waals surface area contributed by atoms with Gasteiger partial charge >= 0.3 is 0 Å². The van der Waals surface area contributed by atoms with Crippen LogP contribution in [0.5, 0.6) is 0 Å². The number of benzene rings is 1. The number of hydrogen-bond acceptors (Lipinski definition) is 7. The first kappa shape index (κ1) is 20.7. The number of nitrogens with zero attached hydrogens (tertiary/aromatic N) is 4. The maximum atomic E-state index is 12.7. The van der Waals surface area contributed by atoms with Crippen molar-refractivity contribution in [3.8, 4) is 11.3 Å². The van der Waals surface area contributed by atoms with Crippen LogP contribution in [-0.4, -0.2) is 47.4 Å². The molecule has 2 aromatic heterocycles. The number of rotatable bonds is 7. The van der Waals surface area contributed by atoms with Gasteiger partial charge in [0.25, 0.3) is 0 Å². The monoisotopic (exact) mass is 462 g/mol. The van der Waals surface area contributed by atoms with Crippen LogP contribution in [0, 0.1) is 0 Å². The van der Waals surface area contributed by atoms with Crippen LogP contribution in [0.4, 0.5) is 11.6 Å². The first-order chi connectivity index (χ1) is 16.0. The largest absolute Gasteiger partial charge is 0.396 e. The van der Waals surface area contributed by atoms with E-state index in [0.717, 1.165) is 36.3 Å². The molecule has 2 saturated carbocycles. The van der Waals surface area contributed by atoms with E-state index >= 15 is 0 Å². The van der Waals surface area contributed by atoms with Crippen LogP contribution >= 0.6 is 0 Å². The molecule has 6 rings (SSSR count). The zero-order chi connectivity index (χ0) is 22.6. The van der Waals surface area contributed by atoms with Crippen molar-refractivity contribution in [2.45, 2.75) is 48.3 Å². The minimum absolute atomic E-state index is 0.0639. The molecule has 0 amide bonds. The molecule has 33 heavy (non-hydrogen) atoms. The number of sulfone groups is 1. The lowest BCUT2D eigenvalue weighted by atomic mass is 9.99. The second kappa shape index (κ2) is 7.60. The Hall–Kier alpha value is -2.84. The minimum Gasteiger partial charge on any atom is -0.396 e. The molecule has 0 atom stereocenters. The molecule has 7 nitrogen and oxygen atoms in total. The molecule has 3 aliphatic rings. The van der Waals surface area contributed by atoms with E-state index in [9.17, 15) is 8.42 Å². The molecule has 1 spiro atoms. The van der Waals surface area contributed by atoms with Crippen molar-refractivity contribution < 1.29 is 13.5 Å². The van der Waals surface area contributed by atoms with Gasteiger partial charge in [0.05, 0.1) is 16.3 Å². The third-order valence-corrected chi connectivity index (χ3v) is 8.88. The average molecular weight is 463 g/mol. The predicted octanol–water partition coefficient (Wildman–Crippen LogP) is 3.76. The van der Waals surface area contributed by atoms with Crippen LogP contribution in [0.3, 0.4) is 0 Å². The average Bonchev–Trinajstić information content (AvgIpc) is 3.76. The normalized spacial score (nSPS) is 18.5. The fourth-order valence-corrected chi connectivity index (χ4v) is 6.16. The Kier molecular flexibility index (Phi) is 4.78. The lowest BCUT2D eigenvalue weighted by Gasteiger charge is -2.18. The van der Waals surface area contributed by atoms with Crippen LogP contribution < -0.4 is 4.90 Å². The van der Waals surface area contributed by atoms with Crippen molar-refractivity contribution in [1.29, 1.82) is 0 Å². The number of aliphatic hydroxyl groups is 1. The van der Waals surface area contributed by atoms with E-state index in [1.165, 1.54) is 24.0 Å². The van der Waals surface area contributed by atoms with Crippen LogP contribution in [0.1, 0.15) is 49.1 Å². The van der Waals surface area contributed by atoms with Gasteiger partial charge in [-0.1, -0.05) is 6.07 Å². The molecule has 0 unspecified atom stereocenters. The van der Waals surface area contributed by atoms with Crippen molar-refractivity contribution in [3.63, 3.8) is 0 Å². The standard InChI is InChI=1S/C25H26N4O3S/c30-10-1-11-33(31,32)20-4-5-21-23(13-20)29(16-25(21)7-8-25)24-27-14-19(15-28-24)22-12-18(6-9-26-22)17-2-3-17/h4-6,9,12-15,17,30H,1-3,7-8,10-11,16H2. The third kappa shape index (κ3) is 3.71. The third-order valence-electron chi connectivity index (χ3n) is 7.08. The topological polar surface area (TPSA) is 96.3 Å². The quantitative estimate of drug-likeness (QED) is 0.571. The van der Waals surface area contributed by atoms with Crippen LogP contribution in [0.25, 0.3) is 11.3 Å². The molecular formula is C25H26N4O3S. The van der Waals surface area contributed by atoms with Gasteiger partial charge in [0.1, 0.15) is 0 Å². The Morgan fingerprint density at radius 3 is 2.55 bits per heavy atom. The number of aliphatic hydroxyl groups excluding tert-OH is 1. The summed E-state index contributed by atoms with van der Waals surface area (Å²) in [5, 5.41) is 9.06. The molecule has 170 valence electrons. The van der Waals surface area contributed by atoms with E-state index in [0.29, 0.717) is 11.9 Å². The first-order valence-electron chi connectivity index (χ1n) is 11.5. The molecule has 2 aliphatic carbocycles. The highest BCUT2D eigenvalue weighted by molar-refractivity contribution is 7.91. The highest BCUT2D eigenvalue weighted by atomic mass is 32.2. The van der Waals surface area contributed by atoms with Crippen molar-refractivity contribution in [2.24, 2.45) is 0 Å². The second-order valence-corrected chi connectivity index (χ2v) is 11.6. The van der Waals surface area contributed by atoms with Crippen molar-refractivity contribution in [3.05, 3.63) is 60.0 Å². The van der Waals surface area contributed by atoms with Gasteiger partial charge in [0.15, 0.2) is 9.84 Å². The van der Waals surface area contributed by atoms with Gasteiger partial charge in [-0.15, -0.1) is 0 Å². The lowest BCUT2D eigenvalue weighted by Crippen LogP contribution is -2.21. The molecular weight excluding hydrogens is 436 g/mol. The van der Waals surface area contributed by atoms with E-state index in [1.807, 2.05) is 17.2 Å². The zero-order valence-corrected chi connectivity index (χ0v) is 19.1. The Morgan fingerprint density at radius 2 is 1.85 bits per heavy atom. The van der Waals surface area contributed by atoms with E-state index in [2.05, 4.69) is 27.1 Å². The second-order valence-electron chi connectivity index (χ2n) is 9.46. The fourth-order valence-electron chi connectivity index (χ4n) is 4.85. The highest BCUT2D eigenvalue weighted by Crippen LogP contribution is 2.58. The summed E-state index contributed by atoms with van der Waals surface area (Å²) in [5.41, 5.74) is 5.20. The maximum Gasteiger partial charge on any atom is 0.229 e. The number of hydrogen-bond donors (Lipinski definition) is 1. The lowest BCUT2D eigenvalue weighted by molar-refractivity contribution is 0.295. The van der Waals surface area contributed by atoms with E-state index in [-0.39, 0.29) is 29.1 Å². The SMILES string of the molecule is O=S(=O)(CCCO)c1ccc2c(c1)N(c1ncc(-c3cc(C4CC4)ccn3)cn1)CC21CC1. The minimum atomic E-state index is -3.45. The summed E-state index contributed by atoms with van der Waals surface area (Å²) in [6.45, 7) is 0.620. The molecule has 3 heterocycles. The maximum absolute atomic E-state index is 12.7. The highest BCUT2D eigenvalue weighted by Gasteiger charge is 2.52. The fraction of sp³-hybridized carbons (Fsp3) is 0.400. The summed E-state index contributed by atoms with van der Waals surface area (Å²) in [6.07, 6.45) is 10.4. The summed E-state index contributed by atoms with van der Waals surface area (Å²) < 4.78 is 25.4. The van der Waals surface area contributed by atoms with Gasteiger partial charge in [-0.2, -0.15) is 0 Å². The van der Waals surface area contributed by atoms with Gasteiger partial charge in [-0.25, -0.2) is 18.4 Å². The summed E-state index contributed by atoms with van der Waals surface area (Å²) in [6, 6.07) is 9.63. The number of fused-ring (bicyclic) bond motifs is 2. The van der Waals surface area contributed by atoms with E-state index in [1.54, 1.807) is 24.5 Å². The summed E-state index contributed by atoms with van der Waals surface area (Å²) in [5.74, 6) is 1.17. The van der Waals surface area contributed by atoms with Gasteiger partial charge < -0.3 is 10.0 Å². The molecule has 0 saturated heterocycles. The number of aromatic nitrogens is 3. The zero-order valence-electron chi connectivity index (χ0n) is 18.3. The Morgan fingerprint density at radius 1 is 1.06 bits per heavy atom. The molecule has 0 radical (unpaired) electrons. The van der Waals surface area contributed by atoms with E-state index in [4.69, 9.17) is 5.11 Å². The summed E-state index contributed by atoms with van der Waals surface area (Å²) in [7, 11) is -3.45. The predicted molar refractivity (Wildman–Crippen MR) is 125 cm³/mol. The summed E-state index contributed by atoms with van der Waals surface area (Å²) in [4.78, 5) is 16.1. The first-order valence-corrected chi connectivity index (χ1v) is 13.2. The molecule has 0 bridgehead atoms. The number of anilines is 2.